The second-order valence-electron chi connectivity index (χ2n) is 5.70. The molecule has 1 amide bonds. The van der Waals surface area contributed by atoms with E-state index in [0.29, 0.717) is 16.3 Å². The lowest BCUT2D eigenvalue weighted by atomic mass is 10.1. The van der Waals surface area contributed by atoms with Crippen molar-refractivity contribution in [3.8, 4) is 0 Å². The van der Waals surface area contributed by atoms with E-state index in [9.17, 15) is 4.79 Å². The quantitative estimate of drug-likeness (QED) is 0.605. The summed E-state index contributed by atoms with van der Waals surface area (Å²) < 4.78 is 0. The molecule has 26 heavy (non-hydrogen) atoms. The molecule has 0 saturated heterocycles. The van der Waals surface area contributed by atoms with Gasteiger partial charge < -0.3 is 10.6 Å². The summed E-state index contributed by atoms with van der Waals surface area (Å²) in [5.74, 6) is 0.525. The Morgan fingerprint density at radius 1 is 0.962 bits per heavy atom. The van der Waals surface area contributed by atoms with Crippen LogP contribution in [0, 0.1) is 0 Å². The number of pyridine rings is 1. The molecule has 0 aliphatic carbocycles. The molecular formula is C20H17Cl2N3O. The maximum Gasteiger partial charge on any atom is 0.255 e. The Hall–Kier alpha value is -2.56. The minimum Gasteiger partial charge on any atom is -0.370 e. The van der Waals surface area contributed by atoms with Gasteiger partial charge in [-0.15, -0.1) is 0 Å². The van der Waals surface area contributed by atoms with Gasteiger partial charge in [0.25, 0.3) is 5.91 Å². The third kappa shape index (κ3) is 5.22. The zero-order valence-electron chi connectivity index (χ0n) is 13.9. The number of hydrogen-bond donors (Lipinski definition) is 2. The molecule has 1 aromatic heterocycles. The zero-order chi connectivity index (χ0) is 18.4. The van der Waals surface area contributed by atoms with Gasteiger partial charge in [0.1, 0.15) is 5.82 Å². The number of nitrogens with one attached hydrogen (secondary N) is 2. The van der Waals surface area contributed by atoms with Crippen molar-refractivity contribution in [1.82, 2.24) is 4.98 Å². The van der Waals surface area contributed by atoms with Gasteiger partial charge in [-0.05, 0) is 54.4 Å². The topological polar surface area (TPSA) is 54.0 Å². The first-order valence-corrected chi connectivity index (χ1v) is 8.87. The van der Waals surface area contributed by atoms with E-state index in [-0.39, 0.29) is 5.91 Å². The number of benzene rings is 2. The fourth-order valence-corrected chi connectivity index (χ4v) is 2.71. The zero-order valence-corrected chi connectivity index (χ0v) is 15.4. The summed E-state index contributed by atoms with van der Waals surface area (Å²) in [4.78, 5) is 16.5. The molecule has 0 atom stereocenters. The second-order valence-corrected chi connectivity index (χ2v) is 6.57. The standard InChI is InChI=1S/C20H17Cl2N3O/c21-16-6-4-14(5-7-16)10-11-23-19-9-8-18(13-24-19)25-20(26)15-2-1-3-17(22)12-15/h1-9,12-13H,10-11H2,(H,23,24)(H,25,26). The molecule has 0 fully saturated rings. The maximum atomic E-state index is 12.2. The summed E-state index contributed by atoms with van der Waals surface area (Å²) in [6.45, 7) is 0.753. The molecular weight excluding hydrogens is 369 g/mol. The van der Waals surface area contributed by atoms with Gasteiger partial charge in [-0.3, -0.25) is 4.79 Å². The van der Waals surface area contributed by atoms with E-state index < -0.39 is 0 Å². The Kier molecular flexibility index (Phi) is 6.10. The number of anilines is 2. The number of rotatable bonds is 6. The normalized spacial score (nSPS) is 10.4. The molecule has 3 rings (SSSR count). The van der Waals surface area contributed by atoms with Crippen LogP contribution in [-0.2, 0) is 6.42 Å². The van der Waals surface area contributed by atoms with Crippen LogP contribution in [-0.4, -0.2) is 17.4 Å². The minimum atomic E-state index is -0.224. The lowest BCUT2D eigenvalue weighted by Crippen LogP contribution is -2.12. The first-order chi connectivity index (χ1) is 12.6. The molecule has 0 spiro atoms. The number of carbonyl (C=O) groups is 1. The molecule has 0 radical (unpaired) electrons. The number of hydrogen-bond acceptors (Lipinski definition) is 3. The van der Waals surface area contributed by atoms with Crippen molar-refractivity contribution in [2.45, 2.75) is 6.42 Å². The SMILES string of the molecule is O=C(Nc1ccc(NCCc2ccc(Cl)cc2)nc1)c1cccc(Cl)c1. The Morgan fingerprint density at radius 3 is 2.46 bits per heavy atom. The molecule has 6 heteroatoms. The number of halogens is 2. The number of carbonyl (C=O) groups excluding carboxylic acids is 1. The molecule has 0 aliphatic rings. The van der Waals surface area contributed by atoms with Crippen LogP contribution in [0.5, 0.6) is 0 Å². The highest BCUT2D eigenvalue weighted by Gasteiger charge is 2.06. The minimum absolute atomic E-state index is 0.224. The van der Waals surface area contributed by atoms with Gasteiger partial charge in [0.15, 0.2) is 0 Å². The highest BCUT2D eigenvalue weighted by molar-refractivity contribution is 6.31. The van der Waals surface area contributed by atoms with Crippen LogP contribution in [0.4, 0.5) is 11.5 Å². The van der Waals surface area contributed by atoms with Crippen LogP contribution in [0.1, 0.15) is 15.9 Å². The van der Waals surface area contributed by atoms with Crippen molar-refractivity contribution in [2.75, 3.05) is 17.2 Å². The fourth-order valence-electron chi connectivity index (χ4n) is 2.39. The van der Waals surface area contributed by atoms with Crippen LogP contribution < -0.4 is 10.6 Å². The third-order valence-corrected chi connectivity index (χ3v) is 4.23. The van der Waals surface area contributed by atoms with Crippen molar-refractivity contribution in [1.29, 1.82) is 0 Å². The van der Waals surface area contributed by atoms with Crippen molar-refractivity contribution < 1.29 is 4.79 Å². The molecule has 0 saturated carbocycles. The Bertz CT molecular complexity index is 880. The van der Waals surface area contributed by atoms with Gasteiger partial charge in [0, 0.05) is 22.2 Å². The molecule has 4 nitrogen and oxygen atoms in total. The largest absolute Gasteiger partial charge is 0.370 e. The van der Waals surface area contributed by atoms with Crippen molar-refractivity contribution >= 4 is 40.6 Å². The monoisotopic (exact) mass is 385 g/mol. The van der Waals surface area contributed by atoms with E-state index in [2.05, 4.69) is 15.6 Å². The first-order valence-electron chi connectivity index (χ1n) is 8.11. The van der Waals surface area contributed by atoms with Gasteiger partial charge >= 0.3 is 0 Å². The summed E-state index contributed by atoms with van der Waals surface area (Å²) in [5, 5.41) is 7.31. The predicted octanol–water partition coefficient (Wildman–Crippen LogP) is 5.30. The molecule has 0 unspecified atom stereocenters. The Balaban J connectivity index is 1.51. The molecule has 0 aliphatic heterocycles. The summed E-state index contributed by atoms with van der Waals surface area (Å²) in [6.07, 6.45) is 2.49. The molecule has 0 bridgehead atoms. The molecule has 132 valence electrons. The molecule has 2 N–H and O–H groups in total. The van der Waals surface area contributed by atoms with Gasteiger partial charge in [-0.1, -0.05) is 41.4 Å². The van der Waals surface area contributed by atoms with Crippen LogP contribution in [0.2, 0.25) is 10.0 Å². The number of aromatic nitrogens is 1. The van der Waals surface area contributed by atoms with E-state index in [1.54, 1.807) is 36.5 Å². The van der Waals surface area contributed by atoms with E-state index in [1.165, 1.54) is 5.56 Å². The van der Waals surface area contributed by atoms with E-state index in [4.69, 9.17) is 23.2 Å². The summed E-state index contributed by atoms with van der Waals surface area (Å²) >= 11 is 11.8. The van der Waals surface area contributed by atoms with Gasteiger partial charge in [-0.25, -0.2) is 4.98 Å². The van der Waals surface area contributed by atoms with Gasteiger partial charge in [-0.2, -0.15) is 0 Å². The Morgan fingerprint density at radius 2 is 1.77 bits per heavy atom. The number of amides is 1. The molecule has 3 aromatic rings. The van der Waals surface area contributed by atoms with Crippen LogP contribution >= 0.6 is 23.2 Å². The van der Waals surface area contributed by atoms with Crippen LogP contribution in [0.3, 0.4) is 0 Å². The van der Waals surface area contributed by atoms with E-state index in [1.807, 2.05) is 30.3 Å². The summed E-state index contributed by atoms with van der Waals surface area (Å²) in [7, 11) is 0. The van der Waals surface area contributed by atoms with Crippen molar-refractivity contribution in [3.05, 3.63) is 88.0 Å². The fraction of sp³-hybridized carbons (Fsp3) is 0.100. The highest BCUT2D eigenvalue weighted by atomic mass is 35.5. The van der Waals surface area contributed by atoms with Crippen molar-refractivity contribution in [2.24, 2.45) is 0 Å². The van der Waals surface area contributed by atoms with E-state index in [0.717, 1.165) is 23.8 Å². The third-order valence-electron chi connectivity index (χ3n) is 3.74. The first kappa shape index (κ1) is 18.2. The average molecular weight is 386 g/mol. The maximum absolute atomic E-state index is 12.2. The van der Waals surface area contributed by atoms with E-state index >= 15 is 0 Å². The van der Waals surface area contributed by atoms with Gasteiger partial charge in [0.05, 0.1) is 11.9 Å². The molecule has 2 aromatic carbocycles. The second kappa shape index (κ2) is 8.70. The summed E-state index contributed by atoms with van der Waals surface area (Å²) in [6, 6.07) is 18.2. The number of nitrogens with zero attached hydrogens (tertiary/aromatic N) is 1. The van der Waals surface area contributed by atoms with Crippen LogP contribution in [0.15, 0.2) is 66.9 Å². The lowest BCUT2D eigenvalue weighted by molar-refractivity contribution is 0.102. The van der Waals surface area contributed by atoms with Crippen molar-refractivity contribution in [3.63, 3.8) is 0 Å². The average Bonchev–Trinajstić information content (AvgIpc) is 2.65. The van der Waals surface area contributed by atoms with Gasteiger partial charge in [0.2, 0.25) is 0 Å². The smallest absolute Gasteiger partial charge is 0.255 e. The summed E-state index contributed by atoms with van der Waals surface area (Å²) in [5.41, 5.74) is 2.33. The highest BCUT2D eigenvalue weighted by Crippen LogP contribution is 2.15. The lowest BCUT2D eigenvalue weighted by Gasteiger charge is -2.08. The Labute approximate surface area is 162 Å². The van der Waals surface area contributed by atoms with Crippen LogP contribution in [0.25, 0.3) is 0 Å². The molecule has 1 heterocycles. The predicted molar refractivity (Wildman–Crippen MR) is 107 cm³/mol.